The zero-order valence-electron chi connectivity index (χ0n) is 28.2. The number of carbonyl (C=O) groups is 1. The molecular formula is C43H42N2O2S2. The minimum atomic E-state index is -0.230. The molecule has 0 radical (unpaired) electrons. The van der Waals surface area contributed by atoms with E-state index in [1.165, 1.54) is 37.0 Å². The number of carbonyl (C=O) groups excluding carboxylic acids is 1. The van der Waals surface area contributed by atoms with Gasteiger partial charge in [-0.3, -0.25) is 14.2 Å². The van der Waals surface area contributed by atoms with Crippen molar-refractivity contribution in [2.45, 2.75) is 64.8 Å². The first-order valence-electron chi connectivity index (χ1n) is 17.6. The lowest BCUT2D eigenvalue weighted by Crippen LogP contribution is -2.35. The van der Waals surface area contributed by atoms with E-state index in [0.717, 1.165) is 67.5 Å². The molecule has 4 aromatic carbocycles. The number of ketones is 1. The van der Waals surface area contributed by atoms with Crippen LogP contribution < -0.4 is 14.8 Å². The summed E-state index contributed by atoms with van der Waals surface area (Å²) in [4.78, 5) is 32.5. The Morgan fingerprint density at radius 3 is 1.98 bits per heavy atom. The monoisotopic (exact) mass is 682 g/mol. The van der Waals surface area contributed by atoms with Crippen molar-refractivity contribution in [1.82, 2.24) is 9.47 Å². The Kier molecular flexibility index (Phi) is 10.2. The number of rotatable bonds is 11. The predicted octanol–water partition coefficient (Wildman–Crippen LogP) is 9.11. The van der Waals surface area contributed by atoms with Gasteiger partial charge in [-0.15, -0.1) is 11.3 Å². The largest absolute Gasteiger partial charge is 0.333 e. The fourth-order valence-corrected chi connectivity index (χ4v) is 9.88. The average molecular weight is 683 g/mol. The van der Waals surface area contributed by atoms with Gasteiger partial charge in [0.25, 0.3) is 5.56 Å². The van der Waals surface area contributed by atoms with Crippen LogP contribution in [0, 0.1) is 0 Å². The van der Waals surface area contributed by atoms with Gasteiger partial charge in [0, 0.05) is 35.0 Å². The summed E-state index contributed by atoms with van der Waals surface area (Å²) < 4.78 is 3.31. The third-order valence-corrected chi connectivity index (χ3v) is 12.1. The van der Waals surface area contributed by atoms with Gasteiger partial charge in [0.05, 0.1) is 5.70 Å². The zero-order chi connectivity index (χ0) is 33.7. The molecule has 49 heavy (non-hydrogen) atoms. The Bertz CT molecular complexity index is 2170. The SMILES string of the molecule is CCCCCCCCN1C(c2ccccc2)=C(c2ccccc2)SC1=c1sc(=C2C(=O)c3ccccc3C2c2ccccc2)n(CC)c1=O. The van der Waals surface area contributed by atoms with Gasteiger partial charge in [0.1, 0.15) is 14.2 Å². The standard InChI is InChI=1S/C43H42N2O2S2/c1-3-5-6-7-8-20-29-45-37(31-23-14-10-15-24-31)39(32-25-16-11-17-26-32)48-43(45)40-41(47)44(4-2)42(49-40)36-35(30-21-12-9-13-22-30)33-27-18-19-28-34(33)38(36)46/h9-19,21-28,35H,3-8,20,29H2,1-2H3. The van der Waals surface area contributed by atoms with E-state index in [1.54, 1.807) is 11.8 Å². The molecule has 5 aromatic rings. The lowest BCUT2D eigenvalue weighted by molar-refractivity contribution is 0.105. The van der Waals surface area contributed by atoms with Crippen LogP contribution in [0.4, 0.5) is 0 Å². The van der Waals surface area contributed by atoms with Crippen LogP contribution >= 0.6 is 23.1 Å². The first-order valence-corrected chi connectivity index (χ1v) is 19.2. The Hall–Kier alpha value is -4.39. The van der Waals surface area contributed by atoms with Crippen LogP contribution in [0.5, 0.6) is 0 Å². The summed E-state index contributed by atoms with van der Waals surface area (Å²) in [5, 5.41) is 0.967. The van der Waals surface area contributed by atoms with Crippen molar-refractivity contribution in [2.75, 3.05) is 6.54 Å². The number of hydrogen-bond acceptors (Lipinski definition) is 5. The van der Waals surface area contributed by atoms with E-state index in [-0.39, 0.29) is 17.3 Å². The van der Waals surface area contributed by atoms with E-state index in [1.807, 2.05) is 54.0 Å². The molecule has 7 rings (SSSR count). The summed E-state index contributed by atoms with van der Waals surface area (Å²) in [6, 6.07) is 39.3. The summed E-state index contributed by atoms with van der Waals surface area (Å²) in [7, 11) is 0. The normalized spacial score (nSPS) is 18.0. The van der Waals surface area contributed by atoms with E-state index in [9.17, 15) is 9.59 Å². The molecule has 1 atom stereocenters. The van der Waals surface area contributed by atoms with Gasteiger partial charge in [-0.05, 0) is 35.6 Å². The molecule has 0 saturated heterocycles. The van der Waals surface area contributed by atoms with Crippen LogP contribution in [0.1, 0.15) is 90.9 Å². The smallest absolute Gasteiger partial charge is 0.271 e. The summed E-state index contributed by atoms with van der Waals surface area (Å²) in [5.74, 6) is -0.215. The quantitative estimate of drug-likeness (QED) is 0.130. The third kappa shape index (κ3) is 6.40. The Morgan fingerprint density at radius 1 is 0.673 bits per heavy atom. The first kappa shape index (κ1) is 33.1. The summed E-state index contributed by atoms with van der Waals surface area (Å²) in [6.45, 7) is 5.57. The van der Waals surface area contributed by atoms with Crippen molar-refractivity contribution < 1.29 is 4.79 Å². The zero-order valence-corrected chi connectivity index (χ0v) is 29.9. The fraction of sp³-hybridized carbons (Fsp3) is 0.256. The molecular weight excluding hydrogens is 641 g/mol. The molecule has 1 aromatic heterocycles. The minimum Gasteiger partial charge on any atom is -0.333 e. The van der Waals surface area contributed by atoms with E-state index in [0.29, 0.717) is 16.7 Å². The van der Waals surface area contributed by atoms with Gasteiger partial charge in [0.2, 0.25) is 0 Å². The molecule has 0 bridgehead atoms. The number of benzene rings is 4. The molecule has 0 spiro atoms. The van der Waals surface area contributed by atoms with Crippen LogP contribution in [0.25, 0.3) is 21.2 Å². The highest BCUT2D eigenvalue weighted by Gasteiger charge is 2.38. The highest BCUT2D eigenvalue weighted by Crippen LogP contribution is 2.51. The van der Waals surface area contributed by atoms with Gasteiger partial charge >= 0.3 is 0 Å². The molecule has 248 valence electrons. The minimum absolute atomic E-state index is 0.0144. The van der Waals surface area contributed by atoms with Gasteiger partial charge in [-0.2, -0.15) is 0 Å². The molecule has 1 aliphatic carbocycles. The third-order valence-electron chi connectivity index (χ3n) is 9.55. The lowest BCUT2D eigenvalue weighted by Gasteiger charge is -2.23. The van der Waals surface area contributed by atoms with Crippen LogP contribution in [-0.4, -0.2) is 21.8 Å². The van der Waals surface area contributed by atoms with Gasteiger partial charge < -0.3 is 4.90 Å². The Balaban J connectivity index is 1.45. The molecule has 4 nitrogen and oxygen atoms in total. The Morgan fingerprint density at radius 2 is 1.29 bits per heavy atom. The van der Waals surface area contributed by atoms with Crippen molar-refractivity contribution in [2.24, 2.45) is 0 Å². The van der Waals surface area contributed by atoms with Crippen LogP contribution in [-0.2, 0) is 6.54 Å². The molecule has 2 heterocycles. The van der Waals surface area contributed by atoms with Crippen LogP contribution in [0.15, 0.2) is 120 Å². The maximum absolute atomic E-state index is 14.6. The Labute approximate surface area is 297 Å². The van der Waals surface area contributed by atoms with Gasteiger partial charge in [-0.25, -0.2) is 0 Å². The average Bonchev–Trinajstić information content (AvgIpc) is 3.79. The van der Waals surface area contributed by atoms with E-state index < -0.39 is 0 Å². The second-order valence-electron chi connectivity index (χ2n) is 12.7. The molecule has 0 fully saturated rings. The summed E-state index contributed by atoms with van der Waals surface area (Å²) in [5.41, 5.74) is 6.90. The summed E-state index contributed by atoms with van der Waals surface area (Å²) in [6.07, 6.45) is 7.15. The highest BCUT2D eigenvalue weighted by molar-refractivity contribution is 8.16. The van der Waals surface area contributed by atoms with Gasteiger partial charge in [0.15, 0.2) is 5.78 Å². The topological polar surface area (TPSA) is 42.3 Å². The predicted molar refractivity (Wildman–Crippen MR) is 207 cm³/mol. The molecule has 2 aliphatic rings. The van der Waals surface area contributed by atoms with Crippen molar-refractivity contribution in [3.63, 3.8) is 0 Å². The van der Waals surface area contributed by atoms with Gasteiger partial charge in [-0.1, -0.05) is 166 Å². The maximum atomic E-state index is 14.6. The second-order valence-corrected chi connectivity index (χ2v) is 14.7. The fourth-order valence-electron chi connectivity index (χ4n) is 7.16. The molecule has 1 unspecified atom stereocenters. The number of hydrogen-bond donors (Lipinski definition) is 0. The molecule has 0 saturated carbocycles. The summed E-state index contributed by atoms with van der Waals surface area (Å²) >= 11 is 3.19. The molecule has 6 heteroatoms. The van der Waals surface area contributed by atoms with E-state index in [2.05, 4.69) is 84.6 Å². The van der Waals surface area contributed by atoms with E-state index >= 15 is 0 Å². The first-order chi connectivity index (χ1) is 24.1. The highest BCUT2D eigenvalue weighted by atomic mass is 32.2. The number of nitrogens with zero attached hydrogens (tertiary/aromatic N) is 2. The lowest BCUT2D eigenvalue weighted by atomic mass is 9.90. The number of Topliss-reactive ketones (excluding diaryl/α,β-unsaturated/α-hetero) is 1. The van der Waals surface area contributed by atoms with E-state index in [4.69, 9.17) is 0 Å². The molecule has 0 amide bonds. The number of thioether (sulfide) groups is 1. The van der Waals surface area contributed by atoms with Crippen molar-refractivity contribution >= 4 is 50.1 Å². The number of aromatic nitrogens is 1. The van der Waals surface area contributed by atoms with Crippen LogP contribution in [0.3, 0.4) is 0 Å². The number of unbranched alkanes of at least 4 members (excludes halogenated alkanes) is 5. The molecule has 1 aliphatic heterocycles. The molecule has 0 N–H and O–H groups in total. The number of thiazole rings is 1. The van der Waals surface area contributed by atoms with Crippen molar-refractivity contribution in [1.29, 1.82) is 0 Å². The second kappa shape index (κ2) is 15.0. The van der Waals surface area contributed by atoms with Crippen molar-refractivity contribution in [3.05, 3.63) is 163 Å². The maximum Gasteiger partial charge on any atom is 0.271 e. The van der Waals surface area contributed by atoms with Crippen molar-refractivity contribution in [3.8, 4) is 0 Å². The van der Waals surface area contributed by atoms with Crippen LogP contribution in [0.2, 0.25) is 0 Å². The number of fused-ring (bicyclic) bond motifs is 1.